The number of hydrogen-bond acceptors (Lipinski definition) is 3. The molecule has 3 atom stereocenters. The van der Waals surface area contributed by atoms with Gasteiger partial charge in [0.25, 0.3) is 5.91 Å². The van der Waals surface area contributed by atoms with E-state index >= 15 is 0 Å². The van der Waals surface area contributed by atoms with Crippen LogP contribution in [0.15, 0.2) is 12.3 Å². The van der Waals surface area contributed by atoms with E-state index < -0.39 is 0 Å². The first-order chi connectivity index (χ1) is 10.6. The van der Waals surface area contributed by atoms with E-state index in [1.807, 2.05) is 21.8 Å². The van der Waals surface area contributed by atoms with Gasteiger partial charge in [0.15, 0.2) is 0 Å². The van der Waals surface area contributed by atoms with E-state index in [-0.39, 0.29) is 18.3 Å². The molecule has 130 valence electrons. The van der Waals surface area contributed by atoms with Gasteiger partial charge in [0.05, 0.1) is 6.04 Å². The third-order valence-corrected chi connectivity index (χ3v) is 4.99. The zero-order valence-corrected chi connectivity index (χ0v) is 15.0. The van der Waals surface area contributed by atoms with Crippen LogP contribution in [0.5, 0.6) is 0 Å². The molecule has 1 amide bonds. The smallest absolute Gasteiger partial charge is 0.274 e. The largest absolute Gasteiger partial charge is 0.337 e. The molecule has 2 saturated heterocycles. The van der Waals surface area contributed by atoms with Crippen molar-refractivity contribution >= 4 is 18.3 Å². The van der Waals surface area contributed by atoms with Crippen LogP contribution in [0.1, 0.15) is 56.1 Å². The maximum absolute atomic E-state index is 12.7. The van der Waals surface area contributed by atoms with E-state index in [2.05, 4.69) is 24.3 Å². The maximum atomic E-state index is 12.7. The fraction of sp³-hybridized carbons (Fsp3) is 0.765. The minimum atomic E-state index is 0. The quantitative estimate of drug-likeness (QED) is 0.900. The van der Waals surface area contributed by atoms with Crippen molar-refractivity contribution in [1.82, 2.24) is 20.0 Å². The number of nitrogens with one attached hydrogen (secondary N) is 1. The summed E-state index contributed by atoms with van der Waals surface area (Å²) < 4.78 is 1.98. The lowest BCUT2D eigenvalue weighted by atomic mass is 9.97. The van der Waals surface area contributed by atoms with Crippen LogP contribution in [0.3, 0.4) is 0 Å². The van der Waals surface area contributed by atoms with Gasteiger partial charge in [-0.1, -0.05) is 13.8 Å². The molecule has 0 spiro atoms. The third-order valence-electron chi connectivity index (χ3n) is 4.99. The summed E-state index contributed by atoms with van der Waals surface area (Å²) in [6.45, 7) is 8.30. The van der Waals surface area contributed by atoms with Gasteiger partial charge in [0.2, 0.25) is 0 Å². The van der Waals surface area contributed by atoms with Crippen LogP contribution in [0.25, 0.3) is 0 Å². The first kappa shape index (κ1) is 18.3. The SMILES string of the molecule is CC1CCN(C(=O)c2ccn(C3CCCNC3)n2)CC(C)C1.Cl. The molecule has 0 radical (unpaired) electrons. The topological polar surface area (TPSA) is 50.2 Å². The van der Waals surface area contributed by atoms with Crippen molar-refractivity contribution < 1.29 is 4.79 Å². The van der Waals surface area contributed by atoms with E-state index in [1.165, 1.54) is 12.8 Å². The van der Waals surface area contributed by atoms with Crippen molar-refractivity contribution in [2.45, 2.75) is 45.6 Å². The minimum absolute atomic E-state index is 0. The summed E-state index contributed by atoms with van der Waals surface area (Å²) >= 11 is 0. The Morgan fingerprint density at radius 3 is 2.87 bits per heavy atom. The molecule has 0 aliphatic carbocycles. The van der Waals surface area contributed by atoms with E-state index in [0.717, 1.165) is 39.0 Å². The van der Waals surface area contributed by atoms with Crippen molar-refractivity contribution in [2.75, 3.05) is 26.2 Å². The summed E-state index contributed by atoms with van der Waals surface area (Å²) in [5.41, 5.74) is 0.604. The number of aromatic nitrogens is 2. The van der Waals surface area contributed by atoms with Crippen LogP contribution in [-0.2, 0) is 0 Å². The second-order valence-electron chi connectivity index (χ2n) is 7.17. The Hall–Kier alpha value is -1.07. The van der Waals surface area contributed by atoms with E-state index in [9.17, 15) is 4.79 Å². The Bertz CT molecular complexity index is 512. The van der Waals surface area contributed by atoms with Gasteiger partial charge in [-0.2, -0.15) is 5.10 Å². The first-order valence-corrected chi connectivity index (χ1v) is 8.68. The van der Waals surface area contributed by atoms with E-state index in [0.29, 0.717) is 23.6 Å². The standard InChI is InChI=1S/C17H28N4O.ClH/c1-13-5-8-20(12-14(2)10-13)17(22)16-6-9-21(19-16)15-4-3-7-18-11-15;/h6,9,13-15,18H,3-5,7-8,10-12H2,1-2H3;1H. The highest BCUT2D eigenvalue weighted by Crippen LogP contribution is 2.23. The number of halogens is 1. The molecule has 2 aliphatic heterocycles. The van der Waals surface area contributed by atoms with Crippen LogP contribution in [0.4, 0.5) is 0 Å². The number of nitrogens with zero attached hydrogens (tertiary/aromatic N) is 3. The Balaban J connectivity index is 0.00000192. The second kappa shape index (κ2) is 8.15. The Labute approximate surface area is 145 Å². The van der Waals surface area contributed by atoms with Crippen molar-refractivity contribution in [3.63, 3.8) is 0 Å². The summed E-state index contributed by atoms with van der Waals surface area (Å²) in [7, 11) is 0. The summed E-state index contributed by atoms with van der Waals surface area (Å²) in [6, 6.07) is 2.27. The normalized spacial score (nSPS) is 28.8. The average molecular weight is 341 g/mol. The highest BCUT2D eigenvalue weighted by atomic mass is 35.5. The fourth-order valence-electron chi connectivity index (χ4n) is 3.78. The Morgan fingerprint density at radius 1 is 1.30 bits per heavy atom. The van der Waals surface area contributed by atoms with Crippen molar-refractivity contribution in [3.8, 4) is 0 Å². The number of amides is 1. The number of likely N-dealkylation sites (tertiary alicyclic amines) is 1. The van der Waals surface area contributed by atoms with Gasteiger partial charge in [0, 0.05) is 25.8 Å². The lowest BCUT2D eigenvalue weighted by Gasteiger charge is -2.23. The molecule has 1 aromatic heterocycles. The molecule has 1 N–H and O–H groups in total. The van der Waals surface area contributed by atoms with E-state index in [1.54, 1.807) is 0 Å². The Kier molecular flexibility index (Phi) is 6.48. The molecule has 2 aliphatic rings. The number of piperidine rings is 1. The van der Waals surface area contributed by atoms with Gasteiger partial charge in [-0.3, -0.25) is 9.48 Å². The third kappa shape index (κ3) is 4.48. The van der Waals surface area contributed by atoms with E-state index in [4.69, 9.17) is 0 Å². The zero-order chi connectivity index (χ0) is 15.5. The fourth-order valence-corrected chi connectivity index (χ4v) is 3.78. The number of carbonyl (C=O) groups excluding carboxylic acids is 1. The monoisotopic (exact) mass is 340 g/mol. The molecular weight excluding hydrogens is 312 g/mol. The lowest BCUT2D eigenvalue weighted by Crippen LogP contribution is -2.35. The summed E-state index contributed by atoms with van der Waals surface area (Å²) in [4.78, 5) is 14.7. The van der Waals surface area contributed by atoms with Crippen LogP contribution in [0.2, 0.25) is 0 Å². The second-order valence-corrected chi connectivity index (χ2v) is 7.17. The van der Waals surface area contributed by atoms with Crippen molar-refractivity contribution in [3.05, 3.63) is 18.0 Å². The van der Waals surface area contributed by atoms with Crippen molar-refractivity contribution in [1.29, 1.82) is 0 Å². The van der Waals surface area contributed by atoms with Crippen LogP contribution in [0, 0.1) is 11.8 Å². The van der Waals surface area contributed by atoms with Gasteiger partial charge >= 0.3 is 0 Å². The van der Waals surface area contributed by atoms with Gasteiger partial charge < -0.3 is 10.2 Å². The number of rotatable bonds is 2. The molecule has 0 bridgehead atoms. The minimum Gasteiger partial charge on any atom is -0.337 e. The summed E-state index contributed by atoms with van der Waals surface area (Å²) in [5.74, 6) is 1.38. The number of hydrogen-bond donors (Lipinski definition) is 1. The lowest BCUT2D eigenvalue weighted by molar-refractivity contribution is 0.0737. The molecule has 3 rings (SSSR count). The highest BCUT2D eigenvalue weighted by Gasteiger charge is 2.25. The predicted molar refractivity (Wildman–Crippen MR) is 94.1 cm³/mol. The van der Waals surface area contributed by atoms with Crippen molar-refractivity contribution in [2.24, 2.45) is 11.8 Å². The zero-order valence-electron chi connectivity index (χ0n) is 14.2. The maximum Gasteiger partial charge on any atom is 0.274 e. The molecule has 3 unspecified atom stereocenters. The first-order valence-electron chi connectivity index (χ1n) is 8.68. The molecular formula is C17H29ClN4O. The summed E-state index contributed by atoms with van der Waals surface area (Å²) in [5, 5.41) is 7.97. The molecule has 1 aromatic rings. The van der Waals surface area contributed by atoms with Crippen LogP contribution in [-0.4, -0.2) is 46.8 Å². The molecule has 3 heterocycles. The molecule has 23 heavy (non-hydrogen) atoms. The van der Waals surface area contributed by atoms with Gasteiger partial charge in [-0.25, -0.2) is 0 Å². The van der Waals surface area contributed by atoms with Gasteiger partial charge in [0.1, 0.15) is 5.69 Å². The Morgan fingerprint density at radius 2 is 2.13 bits per heavy atom. The highest BCUT2D eigenvalue weighted by molar-refractivity contribution is 5.92. The summed E-state index contributed by atoms with van der Waals surface area (Å²) in [6.07, 6.45) is 6.60. The van der Waals surface area contributed by atoms with Crippen LogP contribution < -0.4 is 5.32 Å². The van der Waals surface area contributed by atoms with Gasteiger partial charge in [-0.15, -0.1) is 12.4 Å². The number of carbonyl (C=O) groups is 1. The predicted octanol–water partition coefficient (Wildman–Crippen LogP) is 2.74. The molecule has 0 aromatic carbocycles. The van der Waals surface area contributed by atoms with Crippen LogP contribution >= 0.6 is 12.4 Å². The molecule has 0 saturated carbocycles. The average Bonchev–Trinajstić information content (AvgIpc) is 2.94. The molecule has 2 fully saturated rings. The molecule has 5 nitrogen and oxygen atoms in total. The van der Waals surface area contributed by atoms with Gasteiger partial charge in [-0.05, 0) is 50.1 Å². The molecule has 6 heteroatoms.